The number of anilines is 1. The van der Waals surface area contributed by atoms with Gasteiger partial charge in [0.2, 0.25) is 0 Å². The predicted octanol–water partition coefficient (Wildman–Crippen LogP) is 2.24. The van der Waals surface area contributed by atoms with Crippen LogP contribution < -0.4 is 5.32 Å². The van der Waals surface area contributed by atoms with E-state index in [1.165, 1.54) is 6.42 Å². The summed E-state index contributed by atoms with van der Waals surface area (Å²) in [4.78, 5) is 23.4. The standard InChI is InChI=1S/C19H22N4O4/c24-18(14-8-9-15(27-14)19(25)26)20-13-6-4-5-12(11-13)17-22-21-16-7-2-1-3-10-23(16)17/h4-6,11,14-15H,1-3,7-10H2,(H,20,24)(H,25,26)/t14-,15+/m0/s1. The number of hydrogen-bond donors (Lipinski definition) is 2. The van der Waals surface area contributed by atoms with Gasteiger partial charge >= 0.3 is 5.97 Å². The molecule has 4 rings (SSSR count). The number of ether oxygens (including phenoxy) is 1. The summed E-state index contributed by atoms with van der Waals surface area (Å²) in [6, 6.07) is 7.47. The summed E-state index contributed by atoms with van der Waals surface area (Å²) in [5.74, 6) is 0.470. The van der Waals surface area contributed by atoms with E-state index in [2.05, 4.69) is 20.1 Å². The number of nitrogens with one attached hydrogen (secondary N) is 1. The first-order chi connectivity index (χ1) is 13.1. The lowest BCUT2D eigenvalue weighted by Crippen LogP contribution is -2.29. The first-order valence-electron chi connectivity index (χ1n) is 9.33. The number of aryl methyl sites for hydroxylation is 1. The second kappa shape index (κ2) is 7.48. The molecule has 2 N–H and O–H groups in total. The van der Waals surface area contributed by atoms with Gasteiger partial charge in [0.05, 0.1) is 0 Å². The number of benzene rings is 1. The van der Waals surface area contributed by atoms with Gasteiger partial charge in [0.25, 0.3) is 5.91 Å². The lowest BCUT2D eigenvalue weighted by atomic mass is 10.1. The number of hydrogen-bond acceptors (Lipinski definition) is 5. The highest BCUT2D eigenvalue weighted by Crippen LogP contribution is 2.26. The number of carbonyl (C=O) groups excluding carboxylic acids is 1. The molecule has 1 aromatic carbocycles. The molecule has 1 aromatic heterocycles. The number of aromatic nitrogens is 3. The van der Waals surface area contributed by atoms with Crippen molar-refractivity contribution >= 4 is 17.6 Å². The van der Waals surface area contributed by atoms with Gasteiger partial charge < -0.3 is 19.7 Å². The minimum absolute atomic E-state index is 0.323. The fraction of sp³-hybridized carbons (Fsp3) is 0.474. The van der Waals surface area contributed by atoms with Crippen LogP contribution in [0.1, 0.15) is 37.9 Å². The van der Waals surface area contributed by atoms with E-state index in [9.17, 15) is 9.59 Å². The van der Waals surface area contributed by atoms with E-state index in [4.69, 9.17) is 9.84 Å². The van der Waals surface area contributed by atoms with Gasteiger partial charge in [-0.25, -0.2) is 4.79 Å². The van der Waals surface area contributed by atoms with Gasteiger partial charge in [-0.3, -0.25) is 4.79 Å². The Labute approximate surface area is 156 Å². The molecule has 2 aromatic rings. The third kappa shape index (κ3) is 3.71. The highest BCUT2D eigenvalue weighted by atomic mass is 16.5. The monoisotopic (exact) mass is 370 g/mol. The molecule has 1 fully saturated rings. The van der Waals surface area contributed by atoms with Crippen molar-refractivity contribution in [3.63, 3.8) is 0 Å². The van der Waals surface area contributed by atoms with Crippen LogP contribution in [0.2, 0.25) is 0 Å². The molecular formula is C19H22N4O4. The summed E-state index contributed by atoms with van der Waals surface area (Å²) in [6.45, 7) is 0.904. The maximum Gasteiger partial charge on any atom is 0.332 e. The van der Waals surface area contributed by atoms with Gasteiger partial charge in [0.1, 0.15) is 11.9 Å². The van der Waals surface area contributed by atoms with Crippen LogP contribution in [-0.4, -0.2) is 44.0 Å². The number of carboxylic acids is 1. The van der Waals surface area contributed by atoms with Crippen molar-refractivity contribution in [2.45, 2.75) is 57.3 Å². The van der Waals surface area contributed by atoms with Crippen molar-refractivity contribution in [1.29, 1.82) is 0 Å². The molecule has 2 atom stereocenters. The molecule has 1 saturated heterocycles. The van der Waals surface area contributed by atoms with Crippen LogP contribution in [0, 0.1) is 0 Å². The molecule has 0 saturated carbocycles. The largest absolute Gasteiger partial charge is 0.479 e. The van der Waals surface area contributed by atoms with Crippen LogP contribution in [-0.2, 0) is 27.3 Å². The molecule has 2 aliphatic heterocycles. The molecule has 0 radical (unpaired) electrons. The maximum atomic E-state index is 12.4. The van der Waals surface area contributed by atoms with Crippen LogP contribution >= 0.6 is 0 Å². The molecule has 0 bridgehead atoms. The fourth-order valence-electron chi connectivity index (χ4n) is 3.67. The van der Waals surface area contributed by atoms with Gasteiger partial charge in [0.15, 0.2) is 11.9 Å². The minimum Gasteiger partial charge on any atom is -0.479 e. The highest BCUT2D eigenvalue weighted by molar-refractivity contribution is 5.95. The van der Waals surface area contributed by atoms with Crippen molar-refractivity contribution in [1.82, 2.24) is 14.8 Å². The van der Waals surface area contributed by atoms with E-state index in [0.29, 0.717) is 18.5 Å². The third-order valence-electron chi connectivity index (χ3n) is 5.09. The quantitative estimate of drug-likeness (QED) is 0.855. The zero-order chi connectivity index (χ0) is 18.8. The van der Waals surface area contributed by atoms with Gasteiger partial charge in [-0.05, 0) is 37.8 Å². The Morgan fingerprint density at radius 3 is 2.81 bits per heavy atom. The first-order valence-corrected chi connectivity index (χ1v) is 9.33. The maximum absolute atomic E-state index is 12.4. The van der Waals surface area contributed by atoms with E-state index in [1.54, 1.807) is 6.07 Å². The molecule has 27 heavy (non-hydrogen) atoms. The van der Waals surface area contributed by atoms with Gasteiger partial charge in [-0.2, -0.15) is 0 Å². The molecule has 142 valence electrons. The third-order valence-corrected chi connectivity index (χ3v) is 5.09. The van der Waals surface area contributed by atoms with E-state index in [-0.39, 0.29) is 5.91 Å². The molecule has 8 nitrogen and oxygen atoms in total. The number of carbonyl (C=O) groups is 2. The number of amides is 1. The van der Waals surface area contributed by atoms with Crippen LogP contribution in [0.3, 0.4) is 0 Å². The molecule has 0 unspecified atom stereocenters. The average molecular weight is 370 g/mol. The number of fused-ring (bicyclic) bond motifs is 1. The smallest absolute Gasteiger partial charge is 0.332 e. The number of aliphatic carboxylic acids is 1. The van der Waals surface area contributed by atoms with E-state index >= 15 is 0 Å². The summed E-state index contributed by atoms with van der Waals surface area (Å²) in [7, 11) is 0. The van der Waals surface area contributed by atoms with E-state index < -0.39 is 18.2 Å². The summed E-state index contributed by atoms with van der Waals surface area (Å²) in [5.41, 5.74) is 1.52. The SMILES string of the molecule is O=C(Nc1cccc(-c2nnc3n2CCCCC3)c1)[C@@H]1CC[C@H](C(=O)O)O1. The minimum atomic E-state index is -1.03. The summed E-state index contributed by atoms with van der Waals surface area (Å²) < 4.78 is 7.47. The van der Waals surface area contributed by atoms with Crippen LogP contribution in [0.15, 0.2) is 24.3 Å². The van der Waals surface area contributed by atoms with Crippen LogP contribution in [0.4, 0.5) is 5.69 Å². The Balaban J connectivity index is 1.50. The Bertz CT molecular complexity index is 863. The Morgan fingerprint density at radius 1 is 1.15 bits per heavy atom. The van der Waals surface area contributed by atoms with Crippen molar-refractivity contribution in [3.8, 4) is 11.4 Å². The zero-order valence-electron chi connectivity index (χ0n) is 14.9. The van der Waals surface area contributed by atoms with Gasteiger partial charge in [-0.15, -0.1) is 10.2 Å². The van der Waals surface area contributed by atoms with Crippen LogP contribution in [0.25, 0.3) is 11.4 Å². The second-order valence-electron chi connectivity index (χ2n) is 7.00. The molecular weight excluding hydrogens is 348 g/mol. The van der Waals surface area contributed by atoms with Gasteiger partial charge in [-0.1, -0.05) is 18.6 Å². The van der Waals surface area contributed by atoms with Crippen molar-refractivity contribution in [3.05, 3.63) is 30.1 Å². The normalized spacial score (nSPS) is 22.1. The van der Waals surface area contributed by atoms with E-state index in [0.717, 1.165) is 43.0 Å². The molecule has 3 heterocycles. The molecule has 8 heteroatoms. The summed E-state index contributed by atoms with van der Waals surface area (Å²) >= 11 is 0. The van der Waals surface area contributed by atoms with Crippen LogP contribution in [0.5, 0.6) is 0 Å². The predicted molar refractivity (Wildman–Crippen MR) is 97.2 cm³/mol. The number of nitrogens with zero attached hydrogens (tertiary/aromatic N) is 3. The highest BCUT2D eigenvalue weighted by Gasteiger charge is 2.34. The van der Waals surface area contributed by atoms with Crippen molar-refractivity contribution < 1.29 is 19.4 Å². The molecule has 0 aliphatic carbocycles. The zero-order valence-corrected chi connectivity index (χ0v) is 14.9. The number of rotatable bonds is 4. The fourth-order valence-corrected chi connectivity index (χ4v) is 3.67. The van der Waals surface area contributed by atoms with Crippen molar-refractivity contribution in [2.24, 2.45) is 0 Å². The van der Waals surface area contributed by atoms with E-state index in [1.807, 2.05) is 18.2 Å². The first kappa shape index (κ1) is 17.7. The molecule has 2 aliphatic rings. The Hall–Kier alpha value is -2.74. The lowest BCUT2D eigenvalue weighted by Gasteiger charge is -2.13. The number of carboxylic acid groups (broad SMARTS) is 1. The summed E-state index contributed by atoms with van der Waals surface area (Å²) in [6.07, 6.45) is 3.48. The molecule has 1 amide bonds. The summed E-state index contributed by atoms with van der Waals surface area (Å²) in [5, 5.41) is 20.5. The van der Waals surface area contributed by atoms with Crippen molar-refractivity contribution in [2.75, 3.05) is 5.32 Å². The lowest BCUT2D eigenvalue weighted by molar-refractivity contribution is -0.150. The Morgan fingerprint density at radius 2 is 2.00 bits per heavy atom. The topological polar surface area (TPSA) is 106 Å². The average Bonchev–Trinajstić information content (AvgIpc) is 3.24. The second-order valence-corrected chi connectivity index (χ2v) is 7.00. The Kier molecular flexibility index (Phi) is 4.89. The molecule has 0 spiro atoms. The van der Waals surface area contributed by atoms with Gasteiger partial charge in [0, 0.05) is 24.2 Å².